The van der Waals surface area contributed by atoms with E-state index >= 15 is 0 Å². The molecule has 0 aliphatic heterocycles. The van der Waals surface area contributed by atoms with Gasteiger partial charge in [0.05, 0.1) is 27.3 Å². The van der Waals surface area contributed by atoms with Crippen molar-refractivity contribution in [2.24, 2.45) is 0 Å². The van der Waals surface area contributed by atoms with Gasteiger partial charge in [-0.3, -0.25) is 4.79 Å². The zero-order valence-corrected chi connectivity index (χ0v) is 14.3. The molecule has 124 valence electrons. The first-order chi connectivity index (χ1) is 12.2. The summed E-state index contributed by atoms with van der Waals surface area (Å²) in [5.74, 6) is 0.512. The highest BCUT2D eigenvalue weighted by atomic mass is 32.1. The zero-order chi connectivity index (χ0) is 17.2. The molecule has 0 radical (unpaired) electrons. The van der Waals surface area contributed by atoms with Crippen LogP contribution in [0, 0.1) is 6.92 Å². The molecule has 0 spiro atoms. The number of hydrogen-bond donors (Lipinski definition) is 2. The summed E-state index contributed by atoms with van der Waals surface area (Å²) in [4.78, 5) is 25.1. The highest BCUT2D eigenvalue weighted by Crippen LogP contribution is 2.24. The third-order valence-corrected chi connectivity index (χ3v) is 4.67. The third-order valence-electron chi connectivity index (χ3n) is 3.74. The summed E-state index contributed by atoms with van der Waals surface area (Å²) in [6.07, 6.45) is 1.49. The van der Waals surface area contributed by atoms with Crippen molar-refractivity contribution in [3.8, 4) is 0 Å². The molecule has 0 unspecified atom stereocenters. The molecule has 0 saturated heterocycles. The molecule has 0 saturated carbocycles. The van der Waals surface area contributed by atoms with Gasteiger partial charge in [0.1, 0.15) is 12.1 Å². The van der Waals surface area contributed by atoms with Crippen molar-refractivity contribution in [3.63, 3.8) is 0 Å². The van der Waals surface area contributed by atoms with E-state index < -0.39 is 0 Å². The Kier molecular flexibility index (Phi) is 3.99. The van der Waals surface area contributed by atoms with E-state index in [1.807, 2.05) is 49.4 Å². The first kappa shape index (κ1) is 15.5. The Bertz CT molecular complexity index is 1070. The topological polar surface area (TPSA) is 79.8 Å². The summed E-state index contributed by atoms with van der Waals surface area (Å²) in [5, 5.41) is 7.87. The number of fused-ring (bicyclic) bond motifs is 2. The SMILES string of the molecule is Cc1nc2ccc(NC(=O)CNc3ncnc4ccccc34)cc2s1. The van der Waals surface area contributed by atoms with E-state index in [9.17, 15) is 4.79 Å². The maximum Gasteiger partial charge on any atom is 0.243 e. The third kappa shape index (κ3) is 3.27. The summed E-state index contributed by atoms with van der Waals surface area (Å²) in [5.41, 5.74) is 2.55. The second-order valence-electron chi connectivity index (χ2n) is 5.56. The monoisotopic (exact) mass is 349 g/mol. The Morgan fingerprint density at radius 3 is 2.92 bits per heavy atom. The van der Waals surface area contributed by atoms with E-state index in [1.54, 1.807) is 11.3 Å². The molecule has 0 aliphatic rings. The standard InChI is InChI=1S/C18H15N5OS/c1-11-22-15-7-6-12(8-16(15)25-11)23-17(24)9-19-18-13-4-2-3-5-14(13)20-10-21-18/h2-8,10H,9H2,1H3,(H,23,24)(H,19,20,21). The van der Waals surface area contributed by atoms with E-state index in [4.69, 9.17) is 0 Å². The Morgan fingerprint density at radius 1 is 1.12 bits per heavy atom. The van der Waals surface area contributed by atoms with Crippen molar-refractivity contribution in [2.45, 2.75) is 6.92 Å². The molecule has 2 N–H and O–H groups in total. The van der Waals surface area contributed by atoms with Gasteiger partial charge in [0.2, 0.25) is 5.91 Å². The second kappa shape index (κ2) is 6.45. The minimum absolute atomic E-state index is 0.126. The molecule has 2 aromatic heterocycles. The van der Waals surface area contributed by atoms with Gasteiger partial charge in [-0.2, -0.15) is 0 Å². The number of aromatic nitrogens is 3. The quantitative estimate of drug-likeness (QED) is 0.588. The van der Waals surface area contributed by atoms with Gasteiger partial charge in [-0.05, 0) is 37.3 Å². The normalized spacial score (nSPS) is 10.9. The molecule has 7 heteroatoms. The predicted octanol–water partition coefficient (Wildman–Crippen LogP) is 3.60. The summed E-state index contributed by atoms with van der Waals surface area (Å²) in [6.45, 7) is 2.10. The van der Waals surface area contributed by atoms with Crippen molar-refractivity contribution in [3.05, 3.63) is 53.8 Å². The molecule has 0 bridgehead atoms. The van der Waals surface area contributed by atoms with Crippen LogP contribution in [0.25, 0.3) is 21.1 Å². The number of para-hydroxylation sites is 1. The summed E-state index contributed by atoms with van der Waals surface area (Å²) < 4.78 is 1.06. The van der Waals surface area contributed by atoms with Gasteiger partial charge in [0.15, 0.2) is 0 Å². The van der Waals surface area contributed by atoms with Gasteiger partial charge in [-0.25, -0.2) is 15.0 Å². The number of aryl methyl sites for hydroxylation is 1. The van der Waals surface area contributed by atoms with Crippen molar-refractivity contribution in [1.29, 1.82) is 0 Å². The lowest BCUT2D eigenvalue weighted by Crippen LogP contribution is -2.22. The number of carbonyl (C=O) groups excluding carboxylic acids is 1. The maximum absolute atomic E-state index is 12.2. The Balaban J connectivity index is 1.46. The van der Waals surface area contributed by atoms with E-state index in [0.717, 1.165) is 31.8 Å². The lowest BCUT2D eigenvalue weighted by atomic mass is 10.2. The molecule has 0 aliphatic carbocycles. The van der Waals surface area contributed by atoms with Crippen LogP contribution in [0.1, 0.15) is 5.01 Å². The average Bonchev–Trinajstić information content (AvgIpc) is 2.99. The minimum atomic E-state index is -0.136. The van der Waals surface area contributed by atoms with Crippen LogP contribution >= 0.6 is 11.3 Å². The highest BCUT2D eigenvalue weighted by molar-refractivity contribution is 7.18. The molecule has 25 heavy (non-hydrogen) atoms. The van der Waals surface area contributed by atoms with Crippen molar-refractivity contribution >= 4 is 49.9 Å². The Labute approximate surface area is 148 Å². The summed E-state index contributed by atoms with van der Waals surface area (Å²) in [6, 6.07) is 13.4. The molecule has 4 rings (SSSR count). The van der Waals surface area contributed by atoms with E-state index in [0.29, 0.717) is 5.82 Å². The minimum Gasteiger partial charge on any atom is -0.360 e. The van der Waals surface area contributed by atoms with Crippen LogP contribution in [0.2, 0.25) is 0 Å². The molecule has 4 aromatic rings. The van der Waals surface area contributed by atoms with Crippen molar-refractivity contribution in [1.82, 2.24) is 15.0 Å². The second-order valence-corrected chi connectivity index (χ2v) is 6.79. The van der Waals surface area contributed by atoms with Gasteiger partial charge < -0.3 is 10.6 Å². The number of thiazole rings is 1. The summed E-state index contributed by atoms with van der Waals surface area (Å²) >= 11 is 1.61. The van der Waals surface area contributed by atoms with Crippen molar-refractivity contribution in [2.75, 3.05) is 17.2 Å². The Hall–Kier alpha value is -3.06. The maximum atomic E-state index is 12.2. The number of rotatable bonds is 4. The van der Waals surface area contributed by atoms with Crippen LogP contribution in [0.5, 0.6) is 0 Å². The van der Waals surface area contributed by atoms with Gasteiger partial charge in [0.25, 0.3) is 0 Å². The number of anilines is 2. The fourth-order valence-corrected chi connectivity index (χ4v) is 3.50. The number of benzene rings is 2. The van der Waals surface area contributed by atoms with E-state index in [-0.39, 0.29) is 12.5 Å². The molecular formula is C18H15N5OS. The largest absolute Gasteiger partial charge is 0.360 e. The van der Waals surface area contributed by atoms with Crippen LogP contribution in [-0.2, 0) is 4.79 Å². The fraction of sp³-hybridized carbons (Fsp3) is 0.111. The molecule has 6 nitrogen and oxygen atoms in total. The first-order valence-electron chi connectivity index (χ1n) is 7.80. The molecular weight excluding hydrogens is 334 g/mol. The smallest absolute Gasteiger partial charge is 0.243 e. The highest BCUT2D eigenvalue weighted by Gasteiger charge is 2.07. The molecule has 0 fully saturated rings. The zero-order valence-electron chi connectivity index (χ0n) is 13.5. The lowest BCUT2D eigenvalue weighted by Gasteiger charge is -2.09. The number of nitrogens with one attached hydrogen (secondary N) is 2. The molecule has 1 amide bonds. The van der Waals surface area contributed by atoms with Gasteiger partial charge in [-0.15, -0.1) is 11.3 Å². The van der Waals surface area contributed by atoms with Crippen LogP contribution in [-0.4, -0.2) is 27.4 Å². The molecule has 2 heterocycles. The van der Waals surface area contributed by atoms with Gasteiger partial charge in [0, 0.05) is 11.1 Å². The molecule has 0 atom stereocenters. The van der Waals surface area contributed by atoms with Crippen LogP contribution < -0.4 is 10.6 Å². The first-order valence-corrected chi connectivity index (χ1v) is 8.61. The van der Waals surface area contributed by atoms with Gasteiger partial charge >= 0.3 is 0 Å². The lowest BCUT2D eigenvalue weighted by molar-refractivity contribution is -0.114. The van der Waals surface area contributed by atoms with Crippen molar-refractivity contribution < 1.29 is 4.79 Å². The number of nitrogens with zero attached hydrogens (tertiary/aromatic N) is 3. The van der Waals surface area contributed by atoms with E-state index in [1.165, 1.54) is 6.33 Å². The fourth-order valence-electron chi connectivity index (χ4n) is 2.63. The molecule has 2 aromatic carbocycles. The van der Waals surface area contributed by atoms with E-state index in [2.05, 4.69) is 25.6 Å². The number of amides is 1. The Morgan fingerprint density at radius 2 is 2.00 bits per heavy atom. The average molecular weight is 349 g/mol. The van der Waals surface area contributed by atoms with Gasteiger partial charge in [-0.1, -0.05) is 12.1 Å². The summed E-state index contributed by atoms with van der Waals surface area (Å²) in [7, 11) is 0. The van der Waals surface area contributed by atoms with Crippen LogP contribution in [0.3, 0.4) is 0 Å². The predicted molar refractivity (Wildman–Crippen MR) is 101 cm³/mol. The van der Waals surface area contributed by atoms with Crippen LogP contribution in [0.15, 0.2) is 48.8 Å². The number of hydrogen-bond acceptors (Lipinski definition) is 6. The van der Waals surface area contributed by atoms with Crippen LogP contribution in [0.4, 0.5) is 11.5 Å². The number of carbonyl (C=O) groups is 1.